The molecule has 2 fully saturated rings. The fourth-order valence-electron chi connectivity index (χ4n) is 4.37. The van der Waals surface area contributed by atoms with Gasteiger partial charge in [-0.15, -0.1) is 0 Å². The van der Waals surface area contributed by atoms with E-state index in [-0.39, 0.29) is 23.8 Å². The number of carbonyl (C=O) groups is 3. The van der Waals surface area contributed by atoms with E-state index < -0.39 is 6.04 Å². The zero-order chi connectivity index (χ0) is 21.6. The molecular weight excluding hydrogens is 384 g/mol. The molecule has 0 aliphatic carbocycles. The van der Waals surface area contributed by atoms with Crippen LogP contribution in [0.2, 0.25) is 0 Å². The SMILES string of the molecule is Cc1cccc(CN2C(=[N+]3CCC(C(N)=O)CC3)N=C3C2C(=O)N(C)C(=O)N3C)c1. The van der Waals surface area contributed by atoms with Crippen molar-refractivity contribution < 1.29 is 19.0 Å². The van der Waals surface area contributed by atoms with Crippen LogP contribution < -0.4 is 5.73 Å². The number of guanidine groups is 1. The van der Waals surface area contributed by atoms with E-state index in [0.717, 1.165) is 16.0 Å². The minimum atomic E-state index is -0.651. The molecule has 158 valence electrons. The summed E-state index contributed by atoms with van der Waals surface area (Å²) in [4.78, 5) is 46.4. The lowest BCUT2D eigenvalue weighted by Crippen LogP contribution is -2.62. The van der Waals surface area contributed by atoms with Crippen LogP contribution in [0.25, 0.3) is 0 Å². The largest absolute Gasteiger partial charge is 0.392 e. The van der Waals surface area contributed by atoms with Crippen LogP contribution in [0.4, 0.5) is 4.79 Å². The number of nitrogens with zero attached hydrogens (tertiary/aromatic N) is 5. The lowest BCUT2D eigenvalue weighted by atomic mass is 9.97. The molecule has 0 aromatic heterocycles. The van der Waals surface area contributed by atoms with Gasteiger partial charge in [0, 0.05) is 20.0 Å². The molecular formula is C21H27N6O3+. The Hall–Kier alpha value is -3.23. The van der Waals surface area contributed by atoms with Gasteiger partial charge in [-0.05, 0) is 25.3 Å². The summed E-state index contributed by atoms with van der Waals surface area (Å²) in [7, 11) is 3.14. The zero-order valence-electron chi connectivity index (χ0n) is 17.5. The molecule has 0 bridgehead atoms. The molecule has 9 heteroatoms. The van der Waals surface area contributed by atoms with Crippen LogP contribution in [0.1, 0.15) is 24.0 Å². The number of aliphatic imine (C=N–C) groups is 1. The monoisotopic (exact) mass is 411 g/mol. The normalized spacial score (nSPS) is 24.4. The van der Waals surface area contributed by atoms with Gasteiger partial charge in [0.05, 0.1) is 19.6 Å². The van der Waals surface area contributed by atoms with Crippen molar-refractivity contribution in [3.05, 3.63) is 35.4 Å². The van der Waals surface area contributed by atoms with Crippen molar-refractivity contribution in [1.29, 1.82) is 0 Å². The standard InChI is InChI=1S/C21H26N6O3/c1-13-5-4-6-14(11-13)12-27-16-18(24(2)21(30)25(3)19(16)29)23-20(27)26-9-7-15(8-10-26)17(22)28/h4-6,11,15-16H,7-10,12H2,1-3H3,(H-,22,28)/p+1. The van der Waals surface area contributed by atoms with Gasteiger partial charge in [0.1, 0.15) is 0 Å². The van der Waals surface area contributed by atoms with Gasteiger partial charge < -0.3 is 5.73 Å². The molecule has 1 atom stereocenters. The van der Waals surface area contributed by atoms with Crippen molar-refractivity contribution in [3.63, 3.8) is 0 Å². The van der Waals surface area contributed by atoms with Gasteiger partial charge in [-0.25, -0.2) is 9.69 Å². The summed E-state index contributed by atoms with van der Waals surface area (Å²) in [5.74, 6) is 0.419. The maximum atomic E-state index is 13.1. The average Bonchev–Trinajstić information content (AvgIpc) is 3.10. The highest BCUT2D eigenvalue weighted by Gasteiger charge is 2.55. The lowest BCUT2D eigenvalue weighted by Gasteiger charge is -2.33. The molecule has 4 rings (SSSR count). The third-order valence-corrected chi connectivity index (χ3v) is 6.13. The third kappa shape index (κ3) is 3.34. The Morgan fingerprint density at radius 1 is 1.20 bits per heavy atom. The second-order valence-corrected chi connectivity index (χ2v) is 8.19. The summed E-state index contributed by atoms with van der Waals surface area (Å²) in [6.07, 6.45) is 1.30. The zero-order valence-corrected chi connectivity index (χ0v) is 17.5. The highest BCUT2D eigenvalue weighted by molar-refractivity contribution is 6.25. The predicted molar refractivity (Wildman–Crippen MR) is 111 cm³/mol. The minimum Gasteiger partial charge on any atom is -0.369 e. The Balaban J connectivity index is 1.73. The number of hydrogen-bond donors (Lipinski definition) is 1. The molecule has 1 aromatic rings. The molecule has 3 aliphatic rings. The first-order chi connectivity index (χ1) is 14.3. The topological polar surface area (TPSA) is 102 Å². The quantitative estimate of drug-likeness (QED) is 0.726. The van der Waals surface area contributed by atoms with Gasteiger partial charge in [-0.2, -0.15) is 0 Å². The van der Waals surface area contributed by atoms with E-state index in [2.05, 4.69) is 10.6 Å². The lowest BCUT2D eigenvalue weighted by molar-refractivity contribution is -0.545. The summed E-state index contributed by atoms with van der Waals surface area (Å²) in [5.41, 5.74) is 7.67. The fraction of sp³-hybridized carbons (Fsp3) is 0.476. The predicted octanol–water partition coefficient (Wildman–Crippen LogP) is 0.365. The number of aryl methyl sites for hydroxylation is 1. The Morgan fingerprint density at radius 3 is 2.53 bits per heavy atom. The van der Waals surface area contributed by atoms with Crippen LogP contribution >= 0.6 is 0 Å². The molecule has 2 N–H and O–H groups in total. The first-order valence-corrected chi connectivity index (χ1v) is 10.1. The molecule has 30 heavy (non-hydrogen) atoms. The molecule has 0 radical (unpaired) electrons. The van der Waals surface area contributed by atoms with Crippen LogP contribution in [-0.4, -0.2) is 82.1 Å². The summed E-state index contributed by atoms with van der Waals surface area (Å²) >= 11 is 0. The smallest absolute Gasteiger partial charge is 0.369 e. The number of fused-ring (bicyclic) bond motifs is 1. The van der Waals surface area contributed by atoms with Gasteiger partial charge in [0.25, 0.3) is 5.91 Å². The number of nitrogens with two attached hydrogens (primary N) is 1. The Labute approximate surface area is 175 Å². The molecule has 3 heterocycles. The number of amidine groups is 1. The maximum absolute atomic E-state index is 13.1. The van der Waals surface area contributed by atoms with E-state index in [1.807, 2.05) is 30.0 Å². The van der Waals surface area contributed by atoms with Crippen molar-refractivity contribution in [2.45, 2.75) is 32.4 Å². The van der Waals surface area contributed by atoms with Gasteiger partial charge >= 0.3 is 12.0 Å². The highest BCUT2D eigenvalue weighted by Crippen LogP contribution is 2.26. The highest BCUT2D eigenvalue weighted by atomic mass is 16.2. The molecule has 3 aliphatic heterocycles. The van der Waals surface area contributed by atoms with E-state index in [1.54, 1.807) is 7.05 Å². The van der Waals surface area contributed by atoms with Crippen molar-refractivity contribution in [3.8, 4) is 0 Å². The second kappa shape index (κ2) is 7.55. The number of hydrogen-bond acceptors (Lipinski definition) is 3. The van der Waals surface area contributed by atoms with Crippen LogP contribution in [0.5, 0.6) is 0 Å². The summed E-state index contributed by atoms with van der Waals surface area (Å²) in [6, 6.07) is 7.08. The number of rotatable bonds is 3. The number of amides is 4. The molecule has 2 saturated heterocycles. The van der Waals surface area contributed by atoms with E-state index in [0.29, 0.717) is 44.3 Å². The Bertz CT molecular complexity index is 975. The van der Waals surface area contributed by atoms with Gasteiger partial charge in [-0.1, -0.05) is 34.8 Å². The molecule has 1 aromatic carbocycles. The Morgan fingerprint density at radius 2 is 1.90 bits per heavy atom. The molecule has 4 amide bonds. The number of benzene rings is 1. The van der Waals surface area contributed by atoms with Crippen LogP contribution in [-0.2, 0) is 16.1 Å². The molecule has 0 saturated carbocycles. The number of primary amides is 1. The average molecular weight is 411 g/mol. The molecule has 0 spiro atoms. The first-order valence-electron chi connectivity index (χ1n) is 10.1. The second-order valence-electron chi connectivity index (χ2n) is 8.19. The van der Waals surface area contributed by atoms with Crippen molar-refractivity contribution >= 4 is 29.6 Å². The summed E-state index contributed by atoms with van der Waals surface area (Å²) in [5, 5.41) is 0. The van der Waals surface area contributed by atoms with Crippen molar-refractivity contribution in [2.75, 3.05) is 27.2 Å². The summed E-state index contributed by atoms with van der Waals surface area (Å²) in [6.45, 7) is 3.77. The van der Waals surface area contributed by atoms with Gasteiger partial charge in [0.2, 0.25) is 17.8 Å². The van der Waals surface area contributed by atoms with E-state index in [9.17, 15) is 14.4 Å². The van der Waals surface area contributed by atoms with Crippen LogP contribution in [0, 0.1) is 12.8 Å². The van der Waals surface area contributed by atoms with Crippen molar-refractivity contribution in [1.82, 2.24) is 14.7 Å². The van der Waals surface area contributed by atoms with Gasteiger partial charge in [0.15, 0.2) is 0 Å². The fourth-order valence-corrected chi connectivity index (χ4v) is 4.37. The van der Waals surface area contributed by atoms with Crippen LogP contribution in [0.15, 0.2) is 29.3 Å². The number of carbonyl (C=O) groups excluding carboxylic acids is 3. The third-order valence-electron chi connectivity index (χ3n) is 6.13. The van der Waals surface area contributed by atoms with Crippen molar-refractivity contribution in [2.24, 2.45) is 16.6 Å². The number of imide groups is 1. The Kier molecular flexibility index (Phi) is 5.05. The number of likely N-dealkylation sites (N-methyl/N-ethyl adjacent to an activating group) is 2. The molecule has 9 nitrogen and oxygen atoms in total. The van der Waals surface area contributed by atoms with E-state index in [4.69, 9.17) is 10.7 Å². The number of urea groups is 1. The minimum absolute atomic E-state index is 0.138. The molecule has 1 unspecified atom stereocenters. The van der Waals surface area contributed by atoms with Crippen LogP contribution in [0.3, 0.4) is 0 Å². The summed E-state index contributed by atoms with van der Waals surface area (Å²) < 4.78 is 2.09. The maximum Gasteiger partial charge on any atom is 0.392 e. The van der Waals surface area contributed by atoms with E-state index in [1.165, 1.54) is 11.9 Å². The first kappa shape index (κ1) is 20.1. The number of piperidine rings is 1. The van der Waals surface area contributed by atoms with E-state index >= 15 is 0 Å². The van der Waals surface area contributed by atoms with Gasteiger partial charge in [-0.3, -0.25) is 24.0 Å².